The van der Waals surface area contributed by atoms with Crippen LogP contribution in [0.15, 0.2) is 54.9 Å². The number of carbonyl (C=O) groups excluding carboxylic acids is 1. The fourth-order valence-corrected chi connectivity index (χ4v) is 2.68. The Hall–Kier alpha value is -2.83. The Morgan fingerprint density at radius 2 is 1.73 bits per heavy atom. The molecule has 3 rings (SSSR count). The number of anilines is 3. The molecule has 0 fully saturated rings. The summed E-state index contributed by atoms with van der Waals surface area (Å²) in [6, 6.07) is 12.3. The van der Waals surface area contributed by atoms with Crippen LogP contribution in [-0.4, -0.2) is 23.0 Å². The Kier molecular flexibility index (Phi) is 5.55. The number of methoxy groups -OCH3 is 1. The lowest BCUT2D eigenvalue weighted by Gasteiger charge is -2.11. The smallest absolute Gasteiger partial charge is 0.275 e. The molecule has 6 nitrogen and oxygen atoms in total. The Morgan fingerprint density at radius 1 is 1.00 bits per heavy atom. The Bertz CT molecular complexity index is 912. The van der Waals surface area contributed by atoms with Crippen molar-refractivity contribution in [3.63, 3.8) is 0 Å². The minimum atomic E-state index is -0.399. The predicted molar refractivity (Wildman–Crippen MR) is 103 cm³/mol. The molecule has 2 N–H and O–H groups in total. The average molecular weight is 389 g/mol. The summed E-state index contributed by atoms with van der Waals surface area (Å²) in [4.78, 5) is 20.6. The predicted octanol–water partition coefficient (Wildman–Crippen LogP) is 4.79. The molecule has 1 amide bonds. The van der Waals surface area contributed by atoms with Crippen LogP contribution in [0.5, 0.6) is 5.75 Å². The molecule has 0 unspecified atom stereocenters. The summed E-state index contributed by atoms with van der Waals surface area (Å²) in [5.74, 6) is 0.568. The van der Waals surface area contributed by atoms with E-state index in [0.717, 1.165) is 0 Å². The van der Waals surface area contributed by atoms with E-state index >= 15 is 0 Å². The van der Waals surface area contributed by atoms with Crippen molar-refractivity contribution in [1.82, 2.24) is 9.97 Å². The molecule has 0 aliphatic heterocycles. The molecule has 0 aliphatic rings. The van der Waals surface area contributed by atoms with E-state index < -0.39 is 5.91 Å². The number of para-hydroxylation sites is 3. The zero-order valence-electron chi connectivity index (χ0n) is 13.7. The van der Waals surface area contributed by atoms with Crippen LogP contribution in [0, 0.1) is 0 Å². The van der Waals surface area contributed by atoms with Crippen LogP contribution in [0.1, 0.15) is 10.5 Å². The van der Waals surface area contributed by atoms with Gasteiger partial charge in [0, 0.05) is 0 Å². The van der Waals surface area contributed by atoms with Crippen molar-refractivity contribution in [3.05, 3.63) is 70.6 Å². The summed E-state index contributed by atoms with van der Waals surface area (Å²) in [7, 11) is 1.53. The average Bonchev–Trinajstić information content (AvgIpc) is 2.66. The third-order valence-corrected chi connectivity index (χ3v) is 4.09. The van der Waals surface area contributed by atoms with Gasteiger partial charge in [0.1, 0.15) is 17.3 Å². The Labute approximate surface area is 160 Å². The van der Waals surface area contributed by atoms with Gasteiger partial charge in [-0.05, 0) is 24.3 Å². The van der Waals surface area contributed by atoms with Crippen molar-refractivity contribution in [3.8, 4) is 5.75 Å². The number of nitrogens with zero attached hydrogens (tertiary/aromatic N) is 2. The van der Waals surface area contributed by atoms with E-state index in [2.05, 4.69) is 20.6 Å². The first-order chi connectivity index (χ1) is 12.6. The summed E-state index contributed by atoms with van der Waals surface area (Å²) < 4.78 is 5.20. The summed E-state index contributed by atoms with van der Waals surface area (Å²) in [5.41, 5.74) is 1.23. The van der Waals surface area contributed by atoms with Gasteiger partial charge in [-0.1, -0.05) is 41.4 Å². The molecule has 132 valence electrons. The maximum Gasteiger partial charge on any atom is 0.275 e. The fourth-order valence-electron chi connectivity index (χ4n) is 2.19. The molecular formula is C18H14Cl2N4O2. The van der Waals surface area contributed by atoms with E-state index in [0.29, 0.717) is 33.0 Å². The highest BCUT2D eigenvalue weighted by molar-refractivity contribution is 6.39. The normalized spacial score (nSPS) is 10.3. The number of rotatable bonds is 5. The standard InChI is InChI=1S/C18H14Cl2N4O2/c1-26-15-8-3-2-7-13(15)23-18(25)14-9-22-16(10-21-14)24-17-11(19)5-4-6-12(17)20/h2-10H,1H3,(H,22,24)(H,23,25). The van der Waals surface area contributed by atoms with Gasteiger partial charge >= 0.3 is 0 Å². The van der Waals surface area contributed by atoms with Gasteiger partial charge in [-0.2, -0.15) is 0 Å². The second-order valence-corrected chi connectivity index (χ2v) is 5.98. The van der Waals surface area contributed by atoms with Crippen LogP contribution in [0.3, 0.4) is 0 Å². The van der Waals surface area contributed by atoms with Crippen molar-refractivity contribution in [2.75, 3.05) is 17.7 Å². The van der Waals surface area contributed by atoms with E-state index in [1.165, 1.54) is 19.5 Å². The van der Waals surface area contributed by atoms with Crippen LogP contribution in [0.25, 0.3) is 0 Å². The third kappa shape index (κ3) is 4.04. The summed E-state index contributed by atoms with van der Waals surface area (Å²) in [5, 5.41) is 6.63. The largest absolute Gasteiger partial charge is 0.495 e. The highest BCUT2D eigenvalue weighted by Crippen LogP contribution is 2.31. The van der Waals surface area contributed by atoms with Gasteiger partial charge in [0.05, 0.1) is 40.9 Å². The zero-order chi connectivity index (χ0) is 18.5. The molecule has 1 heterocycles. The van der Waals surface area contributed by atoms with Crippen molar-refractivity contribution in [2.45, 2.75) is 0 Å². The maximum atomic E-state index is 12.3. The number of nitrogens with one attached hydrogen (secondary N) is 2. The molecule has 0 saturated carbocycles. The van der Waals surface area contributed by atoms with Gasteiger partial charge in [-0.15, -0.1) is 0 Å². The molecule has 0 saturated heterocycles. The first kappa shape index (κ1) is 18.0. The van der Waals surface area contributed by atoms with Crippen LogP contribution >= 0.6 is 23.2 Å². The van der Waals surface area contributed by atoms with Gasteiger partial charge < -0.3 is 15.4 Å². The van der Waals surface area contributed by atoms with Gasteiger partial charge in [0.15, 0.2) is 0 Å². The Balaban J connectivity index is 1.74. The van der Waals surface area contributed by atoms with E-state index in [9.17, 15) is 4.79 Å². The third-order valence-electron chi connectivity index (χ3n) is 3.46. The quantitative estimate of drug-likeness (QED) is 0.656. The SMILES string of the molecule is COc1ccccc1NC(=O)c1cnc(Nc2c(Cl)cccc2Cl)cn1. The fraction of sp³-hybridized carbons (Fsp3) is 0.0556. The van der Waals surface area contributed by atoms with Crippen molar-refractivity contribution in [2.24, 2.45) is 0 Å². The molecule has 0 atom stereocenters. The minimum Gasteiger partial charge on any atom is -0.495 e. The van der Waals surface area contributed by atoms with E-state index in [-0.39, 0.29) is 5.69 Å². The van der Waals surface area contributed by atoms with Gasteiger partial charge in [-0.25, -0.2) is 9.97 Å². The number of hydrogen-bond acceptors (Lipinski definition) is 5. The number of carbonyl (C=O) groups is 1. The minimum absolute atomic E-state index is 0.159. The second-order valence-electron chi connectivity index (χ2n) is 5.16. The second kappa shape index (κ2) is 8.03. The molecule has 0 spiro atoms. The van der Waals surface area contributed by atoms with Crippen LogP contribution < -0.4 is 15.4 Å². The van der Waals surface area contributed by atoms with Crippen LogP contribution in [0.4, 0.5) is 17.2 Å². The highest BCUT2D eigenvalue weighted by Gasteiger charge is 2.12. The first-order valence-corrected chi connectivity index (χ1v) is 8.31. The summed E-state index contributed by atoms with van der Waals surface area (Å²) in [6.45, 7) is 0. The lowest BCUT2D eigenvalue weighted by molar-refractivity contribution is 0.102. The molecule has 0 bridgehead atoms. The molecule has 3 aromatic rings. The van der Waals surface area contributed by atoms with Crippen molar-refractivity contribution >= 4 is 46.3 Å². The topological polar surface area (TPSA) is 76.1 Å². The monoisotopic (exact) mass is 388 g/mol. The maximum absolute atomic E-state index is 12.3. The van der Waals surface area contributed by atoms with E-state index in [1.807, 2.05) is 6.07 Å². The molecular weight excluding hydrogens is 375 g/mol. The number of hydrogen-bond donors (Lipinski definition) is 2. The first-order valence-electron chi connectivity index (χ1n) is 7.56. The molecule has 8 heteroatoms. The Morgan fingerprint density at radius 3 is 2.38 bits per heavy atom. The molecule has 2 aromatic carbocycles. The molecule has 0 radical (unpaired) electrons. The lowest BCUT2D eigenvalue weighted by atomic mass is 10.3. The van der Waals surface area contributed by atoms with Crippen molar-refractivity contribution < 1.29 is 9.53 Å². The number of ether oxygens (including phenoxy) is 1. The van der Waals surface area contributed by atoms with E-state index in [4.69, 9.17) is 27.9 Å². The van der Waals surface area contributed by atoms with Gasteiger partial charge in [-0.3, -0.25) is 4.79 Å². The van der Waals surface area contributed by atoms with Crippen molar-refractivity contribution in [1.29, 1.82) is 0 Å². The molecule has 1 aromatic heterocycles. The van der Waals surface area contributed by atoms with Gasteiger partial charge in [0.25, 0.3) is 5.91 Å². The summed E-state index contributed by atoms with van der Waals surface area (Å²) >= 11 is 12.2. The highest BCUT2D eigenvalue weighted by atomic mass is 35.5. The van der Waals surface area contributed by atoms with Crippen LogP contribution in [0.2, 0.25) is 10.0 Å². The number of benzene rings is 2. The molecule has 0 aliphatic carbocycles. The zero-order valence-corrected chi connectivity index (χ0v) is 15.2. The lowest BCUT2D eigenvalue weighted by Crippen LogP contribution is -2.14. The van der Waals surface area contributed by atoms with Crippen LogP contribution in [-0.2, 0) is 0 Å². The van der Waals surface area contributed by atoms with E-state index in [1.54, 1.807) is 36.4 Å². The van der Waals surface area contributed by atoms with Gasteiger partial charge in [0.2, 0.25) is 0 Å². The summed E-state index contributed by atoms with van der Waals surface area (Å²) in [6.07, 6.45) is 2.79. The number of amides is 1. The number of aromatic nitrogens is 2. The number of halogens is 2. The molecule has 26 heavy (non-hydrogen) atoms.